The molecule has 2 aromatic carbocycles. The van der Waals surface area contributed by atoms with Gasteiger partial charge in [0.05, 0.1) is 17.3 Å². The van der Waals surface area contributed by atoms with Gasteiger partial charge in [-0.1, -0.05) is 36.4 Å². The largest absolute Gasteiger partial charge is 0.478 e. The van der Waals surface area contributed by atoms with Gasteiger partial charge in [-0.05, 0) is 48.9 Å². The van der Waals surface area contributed by atoms with Gasteiger partial charge in [0.1, 0.15) is 0 Å². The van der Waals surface area contributed by atoms with Gasteiger partial charge in [0, 0.05) is 0 Å². The predicted octanol–water partition coefficient (Wildman–Crippen LogP) is 4.18. The average molecular weight is 281 g/mol. The maximum Gasteiger partial charge on any atom is 0.337 e. The van der Waals surface area contributed by atoms with Crippen LogP contribution in [0.25, 0.3) is 0 Å². The van der Waals surface area contributed by atoms with Crippen molar-refractivity contribution in [2.45, 2.75) is 32.2 Å². The molecule has 2 N–H and O–H groups in total. The molecule has 0 heterocycles. The van der Waals surface area contributed by atoms with Crippen LogP contribution in [-0.2, 0) is 6.42 Å². The van der Waals surface area contributed by atoms with E-state index in [4.69, 9.17) is 0 Å². The second-order valence-corrected chi connectivity index (χ2v) is 5.59. The van der Waals surface area contributed by atoms with E-state index in [2.05, 4.69) is 29.6 Å². The van der Waals surface area contributed by atoms with E-state index in [1.165, 1.54) is 11.1 Å². The van der Waals surface area contributed by atoms with E-state index >= 15 is 0 Å². The molecule has 0 amide bonds. The maximum absolute atomic E-state index is 11.4. The van der Waals surface area contributed by atoms with Gasteiger partial charge >= 0.3 is 5.97 Å². The zero-order chi connectivity index (χ0) is 14.8. The van der Waals surface area contributed by atoms with Crippen molar-refractivity contribution >= 4 is 11.7 Å². The summed E-state index contributed by atoms with van der Waals surface area (Å²) in [7, 11) is 0. The molecular formula is C18H19NO2. The zero-order valence-corrected chi connectivity index (χ0v) is 12.1. The van der Waals surface area contributed by atoms with Crippen LogP contribution >= 0.6 is 0 Å². The van der Waals surface area contributed by atoms with Gasteiger partial charge in [-0.25, -0.2) is 4.79 Å². The number of fused-ring (bicyclic) bond motifs is 1. The number of carbonyl (C=O) groups is 1. The van der Waals surface area contributed by atoms with Crippen LogP contribution < -0.4 is 5.32 Å². The first kappa shape index (κ1) is 13.7. The summed E-state index contributed by atoms with van der Waals surface area (Å²) < 4.78 is 0. The number of aromatic carboxylic acids is 1. The van der Waals surface area contributed by atoms with Crippen LogP contribution in [0.2, 0.25) is 0 Å². The van der Waals surface area contributed by atoms with Crippen molar-refractivity contribution in [3.63, 3.8) is 0 Å². The van der Waals surface area contributed by atoms with Crippen molar-refractivity contribution in [1.82, 2.24) is 0 Å². The highest BCUT2D eigenvalue weighted by molar-refractivity contribution is 5.95. The van der Waals surface area contributed by atoms with Gasteiger partial charge in [0.15, 0.2) is 0 Å². The van der Waals surface area contributed by atoms with Crippen LogP contribution in [0.5, 0.6) is 0 Å². The van der Waals surface area contributed by atoms with Gasteiger partial charge in [-0.15, -0.1) is 0 Å². The third-order valence-electron chi connectivity index (χ3n) is 4.19. The van der Waals surface area contributed by atoms with Crippen LogP contribution in [0.3, 0.4) is 0 Å². The van der Waals surface area contributed by atoms with Crippen molar-refractivity contribution < 1.29 is 9.90 Å². The van der Waals surface area contributed by atoms with Gasteiger partial charge < -0.3 is 10.4 Å². The smallest absolute Gasteiger partial charge is 0.337 e. The molecule has 0 aliphatic heterocycles. The quantitative estimate of drug-likeness (QED) is 0.887. The fraction of sp³-hybridized carbons (Fsp3) is 0.278. The summed E-state index contributed by atoms with van der Waals surface area (Å²) in [5.74, 6) is -0.884. The lowest BCUT2D eigenvalue weighted by molar-refractivity contribution is 0.0698. The van der Waals surface area contributed by atoms with E-state index in [-0.39, 0.29) is 6.04 Å². The van der Waals surface area contributed by atoms with Crippen molar-refractivity contribution in [2.75, 3.05) is 5.32 Å². The molecule has 1 unspecified atom stereocenters. The molecule has 3 rings (SSSR count). The lowest BCUT2D eigenvalue weighted by atomic mass is 9.87. The standard InChI is InChI=1S/C18H19NO2/c1-12-6-4-10-15(18(20)21)17(12)19-16-11-5-8-13-7-2-3-9-14(13)16/h2-4,6-7,9-10,16,19H,5,8,11H2,1H3,(H,20,21). The Morgan fingerprint density at radius 2 is 2.00 bits per heavy atom. The lowest BCUT2D eigenvalue weighted by Gasteiger charge is -2.28. The van der Waals surface area contributed by atoms with Crippen LogP contribution in [0.1, 0.15) is 45.9 Å². The number of anilines is 1. The molecule has 0 saturated heterocycles. The molecule has 1 aliphatic carbocycles. The minimum absolute atomic E-state index is 0.189. The Bertz CT molecular complexity index is 679. The van der Waals surface area contributed by atoms with Crippen LogP contribution in [-0.4, -0.2) is 11.1 Å². The number of hydrogen-bond donors (Lipinski definition) is 2. The summed E-state index contributed by atoms with van der Waals surface area (Å²) in [6.07, 6.45) is 3.27. The minimum Gasteiger partial charge on any atom is -0.478 e. The molecule has 0 aromatic heterocycles. The normalized spacial score (nSPS) is 17.1. The SMILES string of the molecule is Cc1cccc(C(=O)O)c1NC1CCCc2ccccc21. The Kier molecular flexibility index (Phi) is 3.65. The average Bonchev–Trinajstić information content (AvgIpc) is 2.49. The number of carboxylic acids is 1. The molecule has 0 radical (unpaired) electrons. The van der Waals surface area contributed by atoms with Crippen molar-refractivity contribution in [2.24, 2.45) is 0 Å². The molecule has 2 aromatic rings. The lowest BCUT2D eigenvalue weighted by Crippen LogP contribution is -2.19. The van der Waals surface area contributed by atoms with E-state index < -0.39 is 5.97 Å². The Labute approximate surface area is 124 Å². The summed E-state index contributed by atoms with van der Waals surface area (Å²) in [4.78, 5) is 11.4. The molecule has 108 valence electrons. The number of aryl methyl sites for hydroxylation is 2. The molecule has 0 fully saturated rings. The van der Waals surface area contributed by atoms with Crippen molar-refractivity contribution in [1.29, 1.82) is 0 Å². The van der Waals surface area contributed by atoms with Crippen LogP contribution in [0.15, 0.2) is 42.5 Å². The highest BCUT2D eigenvalue weighted by Crippen LogP contribution is 2.34. The Morgan fingerprint density at radius 3 is 2.81 bits per heavy atom. The number of nitrogens with one attached hydrogen (secondary N) is 1. The second kappa shape index (κ2) is 5.60. The summed E-state index contributed by atoms with van der Waals surface area (Å²) >= 11 is 0. The van der Waals surface area contributed by atoms with Gasteiger partial charge in [-0.2, -0.15) is 0 Å². The van der Waals surface area contributed by atoms with E-state index in [9.17, 15) is 9.90 Å². The maximum atomic E-state index is 11.4. The molecule has 0 saturated carbocycles. The summed E-state index contributed by atoms with van der Waals surface area (Å²) in [5, 5.41) is 12.8. The Hall–Kier alpha value is -2.29. The molecule has 0 spiro atoms. The number of rotatable bonds is 3. The first-order valence-electron chi connectivity index (χ1n) is 7.34. The third-order valence-corrected chi connectivity index (χ3v) is 4.19. The van der Waals surface area contributed by atoms with E-state index in [1.54, 1.807) is 12.1 Å². The predicted molar refractivity (Wildman–Crippen MR) is 83.9 cm³/mol. The molecule has 3 nitrogen and oxygen atoms in total. The number of hydrogen-bond acceptors (Lipinski definition) is 2. The Morgan fingerprint density at radius 1 is 1.19 bits per heavy atom. The van der Waals surface area contributed by atoms with Gasteiger partial charge in [-0.3, -0.25) is 0 Å². The monoisotopic (exact) mass is 281 g/mol. The first-order valence-corrected chi connectivity index (χ1v) is 7.34. The summed E-state index contributed by atoms with van der Waals surface area (Å²) in [6, 6.07) is 14.0. The fourth-order valence-corrected chi connectivity index (χ4v) is 3.12. The van der Waals surface area contributed by atoms with Gasteiger partial charge in [0.2, 0.25) is 0 Å². The van der Waals surface area contributed by atoms with Crippen LogP contribution in [0.4, 0.5) is 5.69 Å². The van der Waals surface area contributed by atoms with Gasteiger partial charge in [0.25, 0.3) is 0 Å². The number of para-hydroxylation sites is 1. The topological polar surface area (TPSA) is 49.3 Å². The summed E-state index contributed by atoms with van der Waals surface area (Å²) in [5.41, 5.74) is 4.72. The minimum atomic E-state index is -0.884. The van der Waals surface area contributed by atoms with E-state index in [0.717, 1.165) is 30.5 Å². The molecule has 21 heavy (non-hydrogen) atoms. The highest BCUT2D eigenvalue weighted by atomic mass is 16.4. The summed E-state index contributed by atoms with van der Waals surface area (Å²) in [6.45, 7) is 1.95. The third kappa shape index (κ3) is 2.64. The first-order chi connectivity index (χ1) is 10.2. The number of benzene rings is 2. The second-order valence-electron chi connectivity index (χ2n) is 5.59. The highest BCUT2D eigenvalue weighted by Gasteiger charge is 2.22. The zero-order valence-electron chi connectivity index (χ0n) is 12.1. The van der Waals surface area contributed by atoms with E-state index in [0.29, 0.717) is 5.56 Å². The Balaban J connectivity index is 1.97. The molecular weight excluding hydrogens is 262 g/mol. The van der Waals surface area contributed by atoms with Crippen molar-refractivity contribution in [3.8, 4) is 0 Å². The molecule has 3 heteroatoms. The molecule has 1 atom stereocenters. The van der Waals surface area contributed by atoms with E-state index in [1.807, 2.05) is 13.0 Å². The molecule has 0 bridgehead atoms. The van der Waals surface area contributed by atoms with Crippen molar-refractivity contribution in [3.05, 3.63) is 64.7 Å². The fourth-order valence-electron chi connectivity index (χ4n) is 3.12. The number of carboxylic acid groups (broad SMARTS) is 1. The van der Waals surface area contributed by atoms with Crippen LogP contribution in [0, 0.1) is 6.92 Å². The molecule has 1 aliphatic rings.